The van der Waals surface area contributed by atoms with Crippen LogP contribution >= 0.6 is 0 Å². The van der Waals surface area contributed by atoms with Gasteiger partial charge in [-0.2, -0.15) is 13.2 Å². The molecule has 5 nitrogen and oxygen atoms in total. The van der Waals surface area contributed by atoms with E-state index in [9.17, 15) is 23.1 Å². The van der Waals surface area contributed by atoms with Crippen molar-refractivity contribution in [3.63, 3.8) is 0 Å². The van der Waals surface area contributed by atoms with Gasteiger partial charge in [-0.05, 0) is 23.6 Å². The minimum Gasteiger partial charge on any atom is -0.393 e. The highest BCUT2D eigenvalue weighted by atomic mass is 19.4. The van der Waals surface area contributed by atoms with Gasteiger partial charge in [0.2, 0.25) is 5.91 Å². The van der Waals surface area contributed by atoms with E-state index in [1.165, 1.54) is 12.1 Å². The van der Waals surface area contributed by atoms with Crippen LogP contribution < -0.4 is 5.32 Å². The maximum Gasteiger partial charge on any atom is 0.416 e. The Balaban J connectivity index is 2.59. The van der Waals surface area contributed by atoms with E-state index in [-0.39, 0.29) is 18.9 Å². The van der Waals surface area contributed by atoms with Gasteiger partial charge in [0.1, 0.15) is 5.60 Å². The van der Waals surface area contributed by atoms with Gasteiger partial charge in [0, 0.05) is 6.42 Å². The molecule has 0 saturated carbocycles. The van der Waals surface area contributed by atoms with Gasteiger partial charge in [0.05, 0.1) is 25.3 Å². The Morgan fingerprint density at radius 1 is 1.17 bits per heavy atom. The van der Waals surface area contributed by atoms with Gasteiger partial charge in [-0.15, -0.1) is 0 Å². The van der Waals surface area contributed by atoms with E-state index < -0.39 is 36.5 Å². The molecule has 1 rings (SSSR count). The van der Waals surface area contributed by atoms with Crippen molar-refractivity contribution in [1.29, 1.82) is 0 Å². The molecule has 1 aromatic rings. The average Bonchev–Trinajstić information content (AvgIpc) is 2.52. The zero-order valence-corrected chi connectivity index (χ0v) is 12.6. The topological polar surface area (TPSA) is 89.8 Å². The second-order valence-corrected chi connectivity index (χ2v) is 5.54. The molecule has 0 bridgehead atoms. The number of rotatable bonds is 7. The highest BCUT2D eigenvalue weighted by Crippen LogP contribution is 2.30. The Morgan fingerprint density at radius 2 is 1.70 bits per heavy atom. The maximum absolute atomic E-state index is 12.5. The third-order valence-electron chi connectivity index (χ3n) is 3.50. The Labute approximate surface area is 131 Å². The van der Waals surface area contributed by atoms with Gasteiger partial charge in [-0.1, -0.05) is 19.1 Å². The van der Waals surface area contributed by atoms with E-state index in [0.717, 1.165) is 12.1 Å². The number of nitrogens with one attached hydrogen (secondary N) is 1. The molecule has 1 aromatic carbocycles. The van der Waals surface area contributed by atoms with Gasteiger partial charge in [-0.25, -0.2) is 0 Å². The molecule has 0 radical (unpaired) electrons. The molecule has 0 fully saturated rings. The zero-order chi connectivity index (χ0) is 17.7. The SMILES string of the molecule is CC(CC(=O)NCC(O)(CO)CO)c1ccc(C(F)(F)F)cc1. The number of amides is 1. The molecule has 1 unspecified atom stereocenters. The first-order chi connectivity index (χ1) is 10.6. The predicted molar refractivity (Wildman–Crippen MR) is 76.6 cm³/mol. The fourth-order valence-corrected chi connectivity index (χ4v) is 1.89. The Bertz CT molecular complexity index is 512. The first-order valence-electron chi connectivity index (χ1n) is 6.99. The van der Waals surface area contributed by atoms with Crippen molar-refractivity contribution in [2.45, 2.75) is 31.0 Å². The smallest absolute Gasteiger partial charge is 0.393 e. The van der Waals surface area contributed by atoms with E-state index in [1.807, 2.05) is 0 Å². The van der Waals surface area contributed by atoms with Gasteiger partial charge in [0.15, 0.2) is 0 Å². The fourth-order valence-electron chi connectivity index (χ4n) is 1.89. The highest BCUT2D eigenvalue weighted by molar-refractivity contribution is 5.76. The van der Waals surface area contributed by atoms with Crippen LogP contribution in [0.25, 0.3) is 0 Å². The van der Waals surface area contributed by atoms with Gasteiger partial charge >= 0.3 is 6.18 Å². The van der Waals surface area contributed by atoms with E-state index in [0.29, 0.717) is 5.56 Å². The molecule has 1 atom stereocenters. The summed E-state index contributed by atoms with van der Waals surface area (Å²) in [6.45, 7) is -0.0541. The van der Waals surface area contributed by atoms with Crippen LogP contribution in [0.15, 0.2) is 24.3 Å². The van der Waals surface area contributed by atoms with Crippen molar-refractivity contribution in [1.82, 2.24) is 5.32 Å². The van der Waals surface area contributed by atoms with E-state index in [1.54, 1.807) is 6.92 Å². The predicted octanol–water partition coefficient (Wildman–Crippen LogP) is 1.03. The average molecular weight is 335 g/mol. The van der Waals surface area contributed by atoms with Gasteiger partial charge < -0.3 is 20.6 Å². The summed E-state index contributed by atoms with van der Waals surface area (Å²) in [7, 11) is 0. The Kier molecular flexibility index (Phi) is 6.55. The molecule has 4 N–H and O–H groups in total. The van der Waals surface area contributed by atoms with Gasteiger partial charge in [-0.3, -0.25) is 4.79 Å². The lowest BCUT2D eigenvalue weighted by Crippen LogP contribution is -2.48. The van der Waals surface area contributed by atoms with Crippen LogP contribution in [0.2, 0.25) is 0 Å². The number of benzene rings is 1. The molecule has 0 aliphatic heterocycles. The lowest BCUT2D eigenvalue weighted by molar-refractivity contribution is -0.137. The lowest BCUT2D eigenvalue weighted by Gasteiger charge is -2.23. The van der Waals surface area contributed by atoms with Gasteiger partial charge in [0.25, 0.3) is 0 Å². The number of carbonyl (C=O) groups is 1. The Morgan fingerprint density at radius 3 is 2.13 bits per heavy atom. The molecule has 0 aliphatic rings. The molecule has 23 heavy (non-hydrogen) atoms. The molecule has 0 heterocycles. The van der Waals surface area contributed by atoms with Crippen LogP contribution in [0.1, 0.15) is 30.4 Å². The molecular formula is C15H20F3NO4. The third kappa shape index (κ3) is 5.81. The second kappa shape index (κ2) is 7.76. The number of aliphatic hydroxyl groups excluding tert-OH is 2. The first-order valence-corrected chi connectivity index (χ1v) is 6.99. The third-order valence-corrected chi connectivity index (χ3v) is 3.50. The van der Waals surface area contributed by atoms with Crippen molar-refractivity contribution in [3.05, 3.63) is 35.4 Å². The fraction of sp³-hybridized carbons (Fsp3) is 0.533. The summed E-state index contributed by atoms with van der Waals surface area (Å²) in [5, 5.41) is 29.8. The molecule has 8 heteroatoms. The van der Waals surface area contributed by atoms with Crippen LogP contribution in [0.5, 0.6) is 0 Å². The summed E-state index contributed by atoms with van der Waals surface area (Å²) >= 11 is 0. The maximum atomic E-state index is 12.5. The van der Waals surface area contributed by atoms with Crippen LogP contribution in [0.4, 0.5) is 13.2 Å². The van der Waals surface area contributed by atoms with Crippen molar-refractivity contribution >= 4 is 5.91 Å². The number of alkyl halides is 3. The second-order valence-electron chi connectivity index (χ2n) is 5.54. The van der Waals surface area contributed by atoms with Crippen LogP contribution in [-0.2, 0) is 11.0 Å². The molecule has 0 aromatic heterocycles. The molecule has 0 aliphatic carbocycles. The van der Waals surface area contributed by atoms with Crippen molar-refractivity contribution < 1.29 is 33.3 Å². The number of hydrogen-bond donors (Lipinski definition) is 4. The summed E-state index contributed by atoms with van der Waals surface area (Å²) < 4.78 is 37.4. The number of hydrogen-bond acceptors (Lipinski definition) is 4. The number of halogens is 3. The summed E-state index contributed by atoms with van der Waals surface area (Å²) in [6, 6.07) is 4.55. The van der Waals surface area contributed by atoms with Crippen LogP contribution in [0, 0.1) is 0 Å². The van der Waals surface area contributed by atoms with E-state index >= 15 is 0 Å². The highest BCUT2D eigenvalue weighted by Gasteiger charge is 2.30. The minimum absolute atomic E-state index is 0.00168. The summed E-state index contributed by atoms with van der Waals surface area (Å²) in [5.74, 6) is -0.772. The first kappa shape index (κ1) is 19.4. The van der Waals surface area contributed by atoms with Crippen molar-refractivity contribution in [2.24, 2.45) is 0 Å². The van der Waals surface area contributed by atoms with Crippen molar-refractivity contribution in [3.8, 4) is 0 Å². The monoisotopic (exact) mass is 335 g/mol. The minimum atomic E-state index is -4.40. The number of aliphatic hydroxyl groups is 3. The molecule has 0 saturated heterocycles. The van der Waals surface area contributed by atoms with E-state index in [2.05, 4.69) is 5.32 Å². The summed E-state index contributed by atoms with van der Waals surface area (Å²) in [4.78, 5) is 11.8. The molecule has 1 amide bonds. The van der Waals surface area contributed by atoms with Crippen molar-refractivity contribution in [2.75, 3.05) is 19.8 Å². The summed E-state index contributed by atoms with van der Waals surface area (Å²) in [6.07, 6.45) is -4.41. The van der Waals surface area contributed by atoms with Crippen LogP contribution in [-0.4, -0.2) is 46.6 Å². The standard InChI is InChI=1S/C15H20F3NO4/c1-10(6-13(22)19-7-14(23,8-20)9-21)11-2-4-12(5-3-11)15(16,17)18/h2-5,10,20-21,23H,6-9H2,1H3,(H,19,22). The quantitative estimate of drug-likeness (QED) is 0.599. The summed E-state index contributed by atoms with van der Waals surface area (Å²) in [5.41, 5.74) is -1.98. The molecular weight excluding hydrogens is 315 g/mol. The zero-order valence-electron chi connectivity index (χ0n) is 12.6. The largest absolute Gasteiger partial charge is 0.416 e. The Hall–Kier alpha value is -1.64. The molecule has 0 spiro atoms. The van der Waals surface area contributed by atoms with E-state index in [4.69, 9.17) is 10.2 Å². The lowest BCUT2D eigenvalue weighted by atomic mass is 9.96. The molecule has 130 valence electrons. The number of carbonyl (C=O) groups excluding carboxylic acids is 1. The normalized spacial score (nSPS) is 13.7. The van der Waals surface area contributed by atoms with Crippen LogP contribution in [0.3, 0.4) is 0 Å².